The Balaban J connectivity index is 1.52. The van der Waals surface area contributed by atoms with E-state index in [9.17, 15) is 9.59 Å². The molecule has 2 aromatic heterocycles. The number of rotatable bonds is 8. The van der Waals surface area contributed by atoms with E-state index >= 15 is 0 Å². The molecule has 0 aliphatic carbocycles. The molecule has 3 heterocycles. The van der Waals surface area contributed by atoms with Gasteiger partial charge in [-0.05, 0) is 26.3 Å². The zero-order chi connectivity index (χ0) is 21.8. The number of carbonyl (C=O) groups is 2. The number of aromatic nitrogens is 4. The molecule has 1 aliphatic heterocycles. The summed E-state index contributed by atoms with van der Waals surface area (Å²) >= 11 is 0. The number of likely N-dealkylation sites (tertiary alicyclic amines) is 1. The molecule has 1 fully saturated rings. The van der Waals surface area contributed by atoms with Gasteiger partial charge < -0.3 is 14.3 Å². The Labute approximate surface area is 177 Å². The lowest BCUT2D eigenvalue weighted by molar-refractivity contribution is -0.133. The second-order valence-corrected chi connectivity index (χ2v) is 8.35. The van der Waals surface area contributed by atoms with Crippen molar-refractivity contribution in [1.82, 2.24) is 29.7 Å². The van der Waals surface area contributed by atoms with Crippen molar-refractivity contribution in [2.24, 2.45) is 0 Å². The third-order valence-electron chi connectivity index (χ3n) is 5.56. The SMILES string of the molecule is CC(=O)N(CCc1noc(C(C)C)n1)C1CCN(C(=O)CCn2nc(C)cc2C)C1. The van der Waals surface area contributed by atoms with Crippen molar-refractivity contribution >= 4 is 11.8 Å². The van der Waals surface area contributed by atoms with Gasteiger partial charge in [0.15, 0.2) is 5.82 Å². The van der Waals surface area contributed by atoms with Gasteiger partial charge in [0, 0.05) is 57.6 Å². The first-order chi connectivity index (χ1) is 14.2. The first-order valence-electron chi connectivity index (χ1n) is 10.6. The van der Waals surface area contributed by atoms with Gasteiger partial charge in [-0.25, -0.2) is 0 Å². The summed E-state index contributed by atoms with van der Waals surface area (Å²) in [5.41, 5.74) is 2.02. The highest BCUT2D eigenvalue weighted by atomic mass is 16.5. The highest BCUT2D eigenvalue weighted by Gasteiger charge is 2.31. The van der Waals surface area contributed by atoms with E-state index in [1.54, 1.807) is 6.92 Å². The predicted octanol–water partition coefficient (Wildman–Crippen LogP) is 2.09. The number of carbonyl (C=O) groups excluding carboxylic acids is 2. The van der Waals surface area contributed by atoms with Crippen molar-refractivity contribution in [3.63, 3.8) is 0 Å². The van der Waals surface area contributed by atoms with Crippen LogP contribution in [-0.4, -0.2) is 67.2 Å². The number of aryl methyl sites for hydroxylation is 3. The molecule has 0 bridgehead atoms. The van der Waals surface area contributed by atoms with Gasteiger partial charge in [-0.2, -0.15) is 10.1 Å². The molecule has 9 heteroatoms. The Morgan fingerprint density at radius 2 is 2.10 bits per heavy atom. The van der Waals surface area contributed by atoms with Crippen molar-refractivity contribution in [1.29, 1.82) is 0 Å². The van der Waals surface area contributed by atoms with Crippen LogP contribution in [0.5, 0.6) is 0 Å². The number of amides is 2. The lowest BCUT2D eigenvalue weighted by atomic mass is 10.2. The Morgan fingerprint density at radius 3 is 2.70 bits per heavy atom. The van der Waals surface area contributed by atoms with Gasteiger partial charge in [0.1, 0.15) is 0 Å². The molecule has 1 atom stereocenters. The summed E-state index contributed by atoms with van der Waals surface area (Å²) in [4.78, 5) is 33.0. The number of hydrogen-bond donors (Lipinski definition) is 0. The summed E-state index contributed by atoms with van der Waals surface area (Å²) < 4.78 is 7.12. The molecule has 0 aromatic carbocycles. The molecule has 1 unspecified atom stereocenters. The minimum atomic E-state index is 0.00418. The van der Waals surface area contributed by atoms with Crippen molar-refractivity contribution in [2.75, 3.05) is 19.6 Å². The van der Waals surface area contributed by atoms with Gasteiger partial charge in [-0.1, -0.05) is 19.0 Å². The minimum absolute atomic E-state index is 0.00418. The molecule has 164 valence electrons. The molecule has 0 radical (unpaired) electrons. The summed E-state index contributed by atoms with van der Waals surface area (Å²) in [6.07, 6.45) is 1.74. The van der Waals surface area contributed by atoms with Crippen molar-refractivity contribution < 1.29 is 14.1 Å². The van der Waals surface area contributed by atoms with Crippen LogP contribution in [0.3, 0.4) is 0 Å². The molecule has 0 N–H and O–H groups in total. The Hall–Kier alpha value is -2.71. The molecule has 30 heavy (non-hydrogen) atoms. The maximum Gasteiger partial charge on any atom is 0.229 e. The van der Waals surface area contributed by atoms with Crippen molar-refractivity contribution in [3.05, 3.63) is 29.2 Å². The molecule has 3 rings (SSSR count). The lowest BCUT2D eigenvalue weighted by Gasteiger charge is -2.27. The van der Waals surface area contributed by atoms with E-state index in [0.29, 0.717) is 50.7 Å². The molecular weight excluding hydrogens is 384 g/mol. The molecule has 0 saturated carbocycles. The lowest BCUT2D eigenvalue weighted by Crippen LogP contribution is -2.42. The summed E-state index contributed by atoms with van der Waals surface area (Å²) in [5.74, 6) is 1.51. The highest BCUT2D eigenvalue weighted by Crippen LogP contribution is 2.18. The summed E-state index contributed by atoms with van der Waals surface area (Å²) in [6, 6.07) is 2.03. The maximum absolute atomic E-state index is 12.7. The van der Waals surface area contributed by atoms with Crippen molar-refractivity contribution in [2.45, 2.75) is 72.4 Å². The highest BCUT2D eigenvalue weighted by molar-refractivity contribution is 5.77. The first-order valence-corrected chi connectivity index (χ1v) is 10.6. The molecule has 2 amide bonds. The average molecular weight is 417 g/mol. The second-order valence-electron chi connectivity index (χ2n) is 8.35. The molecular formula is C21H32N6O3. The van der Waals surface area contributed by atoms with Crippen LogP contribution in [0.4, 0.5) is 0 Å². The standard InChI is InChI=1S/C21H32N6O3/c1-14(2)21-22-19(24-30-21)7-10-26(17(5)28)18-6-9-25(13-18)20(29)8-11-27-16(4)12-15(3)23-27/h12,14,18H,6-11,13H2,1-5H3. The van der Waals surface area contributed by atoms with E-state index in [-0.39, 0.29) is 23.8 Å². The van der Waals surface area contributed by atoms with E-state index in [1.165, 1.54) is 0 Å². The fraction of sp³-hybridized carbons (Fsp3) is 0.667. The smallest absolute Gasteiger partial charge is 0.229 e. The fourth-order valence-electron chi connectivity index (χ4n) is 3.90. The van der Waals surface area contributed by atoms with Gasteiger partial charge in [0.2, 0.25) is 17.7 Å². The Bertz CT molecular complexity index is 887. The zero-order valence-corrected chi connectivity index (χ0v) is 18.6. The van der Waals surface area contributed by atoms with Crippen molar-refractivity contribution in [3.8, 4) is 0 Å². The molecule has 1 aliphatic rings. The number of hydrogen-bond acceptors (Lipinski definition) is 6. The summed E-state index contributed by atoms with van der Waals surface area (Å²) in [5, 5.41) is 8.42. The molecule has 9 nitrogen and oxygen atoms in total. The normalized spacial score (nSPS) is 16.5. The van der Waals surface area contributed by atoms with Gasteiger partial charge >= 0.3 is 0 Å². The van der Waals surface area contributed by atoms with Crippen LogP contribution in [0.15, 0.2) is 10.6 Å². The molecule has 0 spiro atoms. The number of nitrogens with zero attached hydrogens (tertiary/aromatic N) is 6. The topological polar surface area (TPSA) is 97.4 Å². The molecule has 1 saturated heterocycles. The summed E-state index contributed by atoms with van der Waals surface area (Å²) in [7, 11) is 0. The largest absolute Gasteiger partial charge is 0.340 e. The monoisotopic (exact) mass is 416 g/mol. The van der Waals surface area contributed by atoms with E-state index in [2.05, 4.69) is 15.2 Å². The minimum Gasteiger partial charge on any atom is -0.340 e. The Morgan fingerprint density at radius 1 is 1.33 bits per heavy atom. The fourth-order valence-corrected chi connectivity index (χ4v) is 3.90. The van der Waals surface area contributed by atoms with Crippen LogP contribution in [0, 0.1) is 13.8 Å². The maximum atomic E-state index is 12.7. The third kappa shape index (κ3) is 5.25. The average Bonchev–Trinajstić information content (AvgIpc) is 3.40. The van der Waals surface area contributed by atoms with Crippen LogP contribution >= 0.6 is 0 Å². The van der Waals surface area contributed by atoms with Crippen LogP contribution < -0.4 is 0 Å². The van der Waals surface area contributed by atoms with E-state index < -0.39 is 0 Å². The van der Waals surface area contributed by atoms with E-state index in [1.807, 2.05) is 48.2 Å². The van der Waals surface area contributed by atoms with E-state index in [0.717, 1.165) is 17.8 Å². The van der Waals surface area contributed by atoms with Crippen LogP contribution in [0.25, 0.3) is 0 Å². The zero-order valence-electron chi connectivity index (χ0n) is 18.6. The van der Waals surface area contributed by atoms with Crippen LogP contribution in [0.2, 0.25) is 0 Å². The second kappa shape index (κ2) is 9.40. The first kappa shape index (κ1) is 22.0. The van der Waals surface area contributed by atoms with Gasteiger partial charge in [0.05, 0.1) is 11.7 Å². The third-order valence-corrected chi connectivity index (χ3v) is 5.56. The van der Waals surface area contributed by atoms with Gasteiger partial charge in [0.25, 0.3) is 0 Å². The Kier molecular flexibility index (Phi) is 6.89. The van der Waals surface area contributed by atoms with Crippen LogP contribution in [0.1, 0.15) is 62.6 Å². The predicted molar refractivity (Wildman–Crippen MR) is 111 cm³/mol. The van der Waals surface area contributed by atoms with E-state index in [4.69, 9.17) is 4.52 Å². The van der Waals surface area contributed by atoms with Crippen LogP contribution in [-0.2, 0) is 22.6 Å². The quantitative estimate of drug-likeness (QED) is 0.654. The summed E-state index contributed by atoms with van der Waals surface area (Å²) in [6.45, 7) is 11.8. The molecule has 2 aromatic rings. The van der Waals surface area contributed by atoms with Gasteiger partial charge in [-0.15, -0.1) is 0 Å². The van der Waals surface area contributed by atoms with Gasteiger partial charge in [-0.3, -0.25) is 14.3 Å².